The van der Waals surface area contributed by atoms with Gasteiger partial charge in [-0.3, -0.25) is 9.59 Å². The largest absolute Gasteiger partial charge is 0.486 e. The first kappa shape index (κ1) is 25.5. The summed E-state index contributed by atoms with van der Waals surface area (Å²) in [6.45, 7) is 12.0. The van der Waals surface area contributed by atoms with Crippen LogP contribution in [-0.4, -0.2) is 41.2 Å². The molecular weight excluding hydrogens is 452 g/mol. The maximum atomic E-state index is 13.4. The number of hydrogen-bond acceptors (Lipinski definition) is 4. The molecule has 3 aromatic rings. The van der Waals surface area contributed by atoms with Gasteiger partial charge in [0.15, 0.2) is 5.76 Å². The Balaban J connectivity index is 1.58. The van der Waals surface area contributed by atoms with Crippen LogP contribution >= 0.6 is 0 Å². The highest BCUT2D eigenvalue weighted by atomic mass is 16.5. The van der Waals surface area contributed by atoms with Gasteiger partial charge in [0.05, 0.1) is 6.04 Å². The minimum atomic E-state index is -0.474. The number of fused-ring (bicyclic) bond motifs is 1. The van der Waals surface area contributed by atoms with E-state index in [9.17, 15) is 9.59 Å². The standard InChI is InChI=1S/C30H36N2O4/c1-6-31(7-2)28(33)26-16-15-24(36-26)20-35-23-14-13-21-17-18-32(29(34)30(3,4)5)27(25(21)19-23)22-11-9-8-10-12-22/h8-16,19,27H,6-7,17-18,20H2,1-5H3. The molecule has 36 heavy (non-hydrogen) atoms. The van der Waals surface area contributed by atoms with E-state index in [1.807, 2.05) is 69.9 Å². The van der Waals surface area contributed by atoms with Crippen molar-refractivity contribution in [1.82, 2.24) is 9.80 Å². The van der Waals surface area contributed by atoms with Crippen LogP contribution in [0.15, 0.2) is 65.1 Å². The maximum Gasteiger partial charge on any atom is 0.289 e. The SMILES string of the molecule is CCN(CC)C(=O)c1ccc(COc2ccc3c(c2)C(c2ccccc2)N(C(=O)C(C)(C)C)CC3)o1. The Labute approximate surface area is 213 Å². The summed E-state index contributed by atoms with van der Waals surface area (Å²) in [5, 5.41) is 0. The predicted octanol–water partition coefficient (Wildman–Crippen LogP) is 5.86. The Hall–Kier alpha value is -3.54. The Morgan fingerprint density at radius 3 is 2.42 bits per heavy atom. The number of hydrogen-bond donors (Lipinski definition) is 0. The predicted molar refractivity (Wildman–Crippen MR) is 140 cm³/mol. The van der Waals surface area contributed by atoms with Crippen LogP contribution in [0, 0.1) is 5.41 Å². The van der Waals surface area contributed by atoms with E-state index < -0.39 is 5.41 Å². The normalized spacial score (nSPS) is 15.4. The lowest BCUT2D eigenvalue weighted by Crippen LogP contribution is -2.45. The third-order valence-electron chi connectivity index (χ3n) is 6.67. The van der Waals surface area contributed by atoms with E-state index >= 15 is 0 Å². The number of furan rings is 1. The second-order valence-corrected chi connectivity index (χ2v) is 10.2. The number of rotatable bonds is 7. The molecule has 6 nitrogen and oxygen atoms in total. The van der Waals surface area contributed by atoms with Gasteiger partial charge >= 0.3 is 0 Å². The number of nitrogens with zero attached hydrogens (tertiary/aromatic N) is 2. The molecule has 0 radical (unpaired) electrons. The zero-order chi connectivity index (χ0) is 25.9. The van der Waals surface area contributed by atoms with Crippen molar-refractivity contribution in [2.24, 2.45) is 5.41 Å². The van der Waals surface area contributed by atoms with Crippen molar-refractivity contribution >= 4 is 11.8 Å². The molecule has 0 bridgehead atoms. The first-order valence-electron chi connectivity index (χ1n) is 12.7. The second kappa shape index (κ2) is 10.6. The summed E-state index contributed by atoms with van der Waals surface area (Å²) in [6.07, 6.45) is 0.801. The van der Waals surface area contributed by atoms with Crippen LogP contribution < -0.4 is 4.74 Å². The molecule has 4 rings (SSSR count). The van der Waals surface area contributed by atoms with E-state index in [1.165, 1.54) is 5.56 Å². The van der Waals surface area contributed by atoms with Crippen LogP contribution in [0.4, 0.5) is 0 Å². The average Bonchev–Trinajstić information content (AvgIpc) is 3.36. The van der Waals surface area contributed by atoms with E-state index in [-0.39, 0.29) is 24.5 Å². The van der Waals surface area contributed by atoms with E-state index in [1.54, 1.807) is 17.0 Å². The number of amides is 2. The molecule has 1 atom stereocenters. The van der Waals surface area contributed by atoms with Crippen molar-refractivity contribution in [3.05, 3.63) is 88.9 Å². The van der Waals surface area contributed by atoms with Gasteiger partial charge in [0, 0.05) is 25.0 Å². The molecule has 1 aromatic heterocycles. The van der Waals surface area contributed by atoms with Crippen molar-refractivity contribution in [1.29, 1.82) is 0 Å². The fourth-order valence-corrected chi connectivity index (χ4v) is 4.72. The lowest BCUT2D eigenvalue weighted by atomic mass is 9.85. The van der Waals surface area contributed by atoms with Gasteiger partial charge in [-0.2, -0.15) is 0 Å². The van der Waals surface area contributed by atoms with Crippen molar-refractivity contribution in [3.63, 3.8) is 0 Å². The summed E-state index contributed by atoms with van der Waals surface area (Å²) in [6, 6.07) is 19.6. The van der Waals surface area contributed by atoms with Crippen LogP contribution in [-0.2, 0) is 17.8 Å². The van der Waals surface area contributed by atoms with E-state index in [0.29, 0.717) is 36.9 Å². The smallest absolute Gasteiger partial charge is 0.289 e. The molecule has 1 aliphatic heterocycles. The van der Waals surface area contributed by atoms with Gasteiger partial charge < -0.3 is 19.0 Å². The number of carbonyl (C=O) groups is 2. The number of ether oxygens (including phenoxy) is 1. The summed E-state index contributed by atoms with van der Waals surface area (Å²) in [5.41, 5.74) is 2.91. The van der Waals surface area contributed by atoms with Gasteiger partial charge in [0.1, 0.15) is 18.1 Å². The zero-order valence-electron chi connectivity index (χ0n) is 21.9. The fraction of sp³-hybridized carbons (Fsp3) is 0.400. The van der Waals surface area contributed by atoms with Crippen LogP contribution in [0.3, 0.4) is 0 Å². The minimum Gasteiger partial charge on any atom is -0.486 e. The van der Waals surface area contributed by atoms with Gasteiger partial charge in [-0.25, -0.2) is 0 Å². The summed E-state index contributed by atoms with van der Waals surface area (Å²) >= 11 is 0. The maximum absolute atomic E-state index is 13.4. The molecule has 1 unspecified atom stereocenters. The summed E-state index contributed by atoms with van der Waals surface area (Å²) in [4.78, 5) is 29.7. The van der Waals surface area contributed by atoms with Gasteiger partial charge in [-0.05, 0) is 61.2 Å². The van der Waals surface area contributed by atoms with Crippen LogP contribution in [0.25, 0.3) is 0 Å². The molecule has 0 fully saturated rings. The van der Waals surface area contributed by atoms with E-state index in [2.05, 4.69) is 18.2 Å². The number of carbonyl (C=O) groups excluding carboxylic acids is 2. The topological polar surface area (TPSA) is 63.0 Å². The van der Waals surface area contributed by atoms with Gasteiger partial charge in [-0.15, -0.1) is 0 Å². The van der Waals surface area contributed by atoms with E-state index in [0.717, 1.165) is 17.5 Å². The molecule has 0 aliphatic carbocycles. The Morgan fingerprint density at radius 2 is 1.75 bits per heavy atom. The van der Waals surface area contributed by atoms with Crippen LogP contribution in [0.1, 0.15) is 73.7 Å². The third-order valence-corrected chi connectivity index (χ3v) is 6.67. The highest BCUT2D eigenvalue weighted by molar-refractivity contribution is 5.91. The van der Waals surface area contributed by atoms with Gasteiger partial charge in [0.2, 0.25) is 5.91 Å². The Bertz CT molecular complexity index is 1210. The first-order chi connectivity index (χ1) is 17.2. The molecule has 1 aliphatic rings. The molecular formula is C30H36N2O4. The first-order valence-corrected chi connectivity index (χ1v) is 12.7. The Kier molecular flexibility index (Phi) is 7.53. The Morgan fingerprint density at radius 1 is 1.03 bits per heavy atom. The van der Waals surface area contributed by atoms with Crippen LogP contribution in [0.5, 0.6) is 5.75 Å². The molecule has 6 heteroatoms. The quantitative estimate of drug-likeness (QED) is 0.418. The van der Waals surface area contributed by atoms with Crippen molar-refractivity contribution < 1.29 is 18.7 Å². The second-order valence-electron chi connectivity index (χ2n) is 10.2. The van der Waals surface area contributed by atoms with Gasteiger partial charge in [-0.1, -0.05) is 57.2 Å². The summed E-state index contributed by atoms with van der Waals surface area (Å²) in [5.74, 6) is 1.63. The van der Waals surface area contributed by atoms with Crippen molar-refractivity contribution in [2.45, 2.75) is 53.7 Å². The summed E-state index contributed by atoms with van der Waals surface area (Å²) < 4.78 is 11.9. The summed E-state index contributed by atoms with van der Waals surface area (Å²) in [7, 11) is 0. The van der Waals surface area contributed by atoms with Crippen molar-refractivity contribution in [3.8, 4) is 5.75 Å². The molecule has 2 heterocycles. The molecule has 0 saturated carbocycles. The molecule has 190 valence electrons. The minimum absolute atomic E-state index is 0.116. The number of benzene rings is 2. The fourth-order valence-electron chi connectivity index (χ4n) is 4.72. The zero-order valence-corrected chi connectivity index (χ0v) is 21.9. The van der Waals surface area contributed by atoms with E-state index in [4.69, 9.17) is 9.15 Å². The average molecular weight is 489 g/mol. The third kappa shape index (κ3) is 5.32. The monoisotopic (exact) mass is 488 g/mol. The van der Waals surface area contributed by atoms with Crippen LogP contribution in [0.2, 0.25) is 0 Å². The lowest BCUT2D eigenvalue weighted by molar-refractivity contribution is -0.141. The molecule has 0 spiro atoms. The highest BCUT2D eigenvalue weighted by Gasteiger charge is 2.37. The molecule has 2 amide bonds. The van der Waals surface area contributed by atoms with Crippen molar-refractivity contribution in [2.75, 3.05) is 19.6 Å². The molecule has 0 N–H and O–H groups in total. The highest BCUT2D eigenvalue weighted by Crippen LogP contribution is 2.39. The lowest BCUT2D eigenvalue weighted by Gasteiger charge is -2.41. The molecule has 2 aromatic carbocycles. The molecule has 0 saturated heterocycles. The van der Waals surface area contributed by atoms with Gasteiger partial charge in [0.25, 0.3) is 5.91 Å².